The van der Waals surface area contributed by atoms with Crippen LogP contribution >= 0.6 is 0 Å². The smallest absolute Gasteiger partial charge is 0.253 e. The molecule has 29 heavy (non-hydrogen) atoms. The predicted molar refractivity (Wildman–Crippen MR) is 115 cm³/mol. The van der Waals surface area contributed by atoms with Crippen LogP contribution in [0.2, 0.25) is 0 Å². The molecule has 0 aromatic heterocycles. The highest BCUT2D eigenvalue weighted by Crippen LogP contribution is 2.28. The zero-order valence-corrected chi connectivity index (χ0v) is 17.2. The lowest BCUT2D eigenvalue weighted by Crippen LogP contribution is -2.48. The van der Waals surface area contributed by atoms with Crippen LogP contribution in [0.4, 0.5) is 5.69 Å². The van der Waals surface area contributed by atoms with Gasteiger partial charge in [0, 0.05) is 43.9 Å². The van der Waals surface area contributed by atoms with Crippen LogP contribution in [0.3, 0.4) is 0 Å². The summed E-state index contributed by atoms with van der Waals surface area (Å²) in [5, 5.41) is 2.89. The first-order valence-electron chi connectivity index (χ1n) is 10.2. The summed E-state index contributed by atoms with van der Waals surface area (Å²) in [7, 11) is 1.67. The van der Waals surface area contributed by atoms with Gasteiger partial charge in [0.05, 0.1) is 12.8 Å². The number of rotatable bonds is 7. The fraction of sp³-hybridized carbons (Fsp3) is 0.391. The molecule has 154 valence electrons. The maximum Gasteiger partial charge on any atom is 0.253 e. The zero-order chi connectivity index (χ0) is 20.6. The van der Waals surface area contributed by atoms with E-state index in [4.69, 9.17) is 4.74 Å². The third-order valence-corrected chi connectivity index (χ3v) is 5.20. The number of nitrogens with one attached hydrogen (secondary N) is 1. The minimum Gasteiger partial charge on any atom is -0.495 e. The van der Waals surface area contributed by atoms with Crippen molar-refractivity contribution < 1.29 is 14.3 Å². The van der Waals surface area contributed by atoms with E-state index in [1.54, 1.807) is 31.4 Å². The first kappa shape index (κ1) is 20.7. The molecule has 0 aliphatic carbocycles. The van der Waals surface area contributed by atoms with Crippen molar-refractivity contribution in [2.24, 2.45) is 0 Å². The zero-order valence-electron chi connectivity index (χ0n) is 17.2. The first-order chi connectivity index (χ1) is 14.1. The van der Waals surface area contributed by atoms with E-state index >= 15 is 0 Å². The summed E-state index contributed by atoms with van der Waals surface area (Å²) in [5.74, 6) is 0.755. The molecule has 0 saturated carbocycles. The predicted octanol–water partition coefficient (Wildman–Crippen LogP) is 3.19. The first-order valence-corrected chi connectivity index (χ1v) is 10.2. The lowest BCUT2D eigenvalue weighted by atomic mass is 10.1. The molecule has 0 spiro atoms. The van der Waals surface area contributed by atoms with E-state index in [0.29, 0.717) is 30.8 Å². The molecular weight excluding hydrogens is 366 g/mol. The molecule has 1 aliphatic rings. The van der Waals surface area contributed by atoms with Crippen LogP contribution in [0.15, 0.2) is 48.5 Å². The molecule has 6 nitrogen and oxygen atoms in total. The van der Waals surface area contributed by atoms with Crippen molar-refractivity contribution in [1.82, 2.24) is 10.2 Å². The molecule has 0 bridgehead atoms. The minimum atomic E-state index is -0.0946. The van der Waals surface area contributed by atoms with Gasteiger partial charge in [0.15, 0.2) is 0 Å². The SMILES string of the molecule is CCCCNC(=O)c1ccc(C(=O)N2CCN(c3ccccc3OC)CC2)cc1. The summed E-state index contributed by atoms with van der Waals surface area (Å²) in [6, 6.07) is 14.9. The fourth-order valence-electron chi connectivity index (χ4n) is 3.47. The number of benzene rings is 2. The highest BCUT2D eigenvalue weighted by atomic mass is 16.5. The molecular formula is C23H29N3O3. The number of carbonyl (C=O) groups is 2. The average molecular weight is 396 g/mol. The molecule has 1 saturated heterocycles. The van der Waals surface area contributed by atoms with Gasteiger partial charge in [-0.3, -0.25) is 9.59 Å². The van der Waals surface area contributed by atoms with Gasteiger partial charge < -0.3 is 19.9 Å². The van der Waals surface area contributed by atoms with Crippen molar-refractivity contribution in [1.29, 1.82) is 0 Å². The highest BCUT2D eigenvalue weighted by molar-refractivity contribution is 5.97. The number of anilines is 1. The molecule has 2 aromatic rings. The Hall–Kier alpha value is -3.02. The second kappa shape index (κ2) is 9.96. The number of methoxy groups -OCH3 is 1. The number of para-hydroxylation sites is 2. The van der Waals surface area contributed by atoms with Crippen LogP contribution in [-0.2, 0) is 0 Å². The summed E-state index contributed by atoms with van der Waals surface area (Å²) in [6.45, 7) is 5.57. The lowest BCUT2D eigenvalue weighted by molar-refractivity contribution is 0.0746. The van der Waals surface area contributed by atoms with Crippen LogP contribution in [0.5, 0.6) is 5.75 Å². The van der Waals surface area contributed by atoms with E-state index in [1.165, 1.54) is 0 Å². The van der Waals surface area contributed by atoms with Crippen LogP contribution in [0.1, 0.15) is 40.5 Å². The Morgan fingerprint density at radius 1 is 0.966 bits per heavy atom. The maximum atomic E-state index is 12.8. The summed E-state index contributed by atoms with van der Waals surface area (Å²) >= 11 is 0. The van der Waals surface area contributed by atoms with Crippen molar-refractivity contribution in [2.45, 2.75) is 19.8 Å². The number of amides is 2. The van der Waals surface area contributed by atoms with Crippen molar-refractivity contribution in [3.63, 3.8) is 0 Å². The van der Waals surface area contributed by atoms with E-state index in [1.807, 2.05) is 29.2 Å². The molecule has 1 heterocycles. The van der Waals surface area contributed by atoms with Gasteiger partial charge in [-0.25, -0.2) is 0 Å². The van der Waals surface area contributed by atoms with Crippen molar-refractivity contribution >= 4 is 17.5 Å². The molecule has 0 radical (unpaired) electrons. The average Bonchev–Trinajstić information content (AvgIpc) is 2.79. The number of piperazine rings is 1. The third kappa shape index (κ3) is 5.08. The highest BCUT2D eigenvalue weighted by Gasteiger charge is 2.23. The second-order valence-electron chi connectivity index (χ2n) is 7.14. The topological polar surface area (TPSA) is 61.9 Å². The number of ether oxygens (including phenoxy) is 1. The summed E-state index contributed by atoms with van der Waals surface area (Å²) < 4.78 is 5.45. The number of unbranched alkanes of at least 4 members (excludes halogenated alkanes) is 1. The molecule has 6 heteroatoms. The van der Waals surface area contributed by atoms with Gasteiger partial charge in [-0.1, -0.05) is 25.5 Å². The van der Waals surface area contributed by atoms with Crippen LogP contribution < -0.4 is 15.0 Å². The van der Waals surface area contributed by atoms with Crippen molar-refractivity contribution in [2.75, 3.05) is 44.7 Å². The third-order valence-electron chi connectivity index (χ3n) is 5.20. The van der Waals surface area contributed by atoms with E-state index in [2.05, 4.69) is 17.1 Å². The summed E-state index contributed by atoms with van der Waals surface area (Å²) in [5.41, 5.74) is 2.25. The monoisotopic (exact) mass is 395 g/mol. The van der Waals surface area contributed by atoms with Gasteiger partial charge in [-0.05, 0) is 42.8 Å². The summed E-state index contributed by atoms with van der Waals surface area (Å²) in [6.07, 6.45) is 2.00. The van der Waals surface area contributed by atoms with Crippen molar-refractivity contribution in [3.8, 4) is 5.75 Å². The standard InChI is InChI=1S/C23H29N3O3/c1-3-4-13-24-22(27)18-9-11-19(12-10-18)23(28)26-16-14-25(15-17-26)20-7-5-6-8-21(20)29-2/h5-12H,3-4,13-17H2,1-2H3,(H,24,27). The largest absolute Gasteiger partial charge is 0.495 e. The molecule has 3 rings (SSSR count). The lowest BCUT2D eigenvalue weighted by Gasteiger charge is -2.36. The normalized spacial score (nSPS) is 13.9. The number of nitrogens with zero attached hydrogens (tertiary/aromatic N) is 2. The second-order valence-corrected chi connectivity index (χ2v) is 7.14. The van der Waals surface area contributed by atoms with Gasteiger partial charge in [-0.15, -0.1) is 0 Å². The van der Waals surface area contributed by atoms with E-state index < -0.39 is 0 Å². The Kier molecular flexibility index (Phi) is 7.11. The Labute approximate surface area is 172 Å². The molecule has 0 unspecified atom stereocenters. The Morgan fingerprint density at radius 2 is 1.62 bits per heavy atom. The maximum absolute atomic E-state index is 12.8. The van der Waals surface area contributed by atoms with Gasteiger partial charge >= 0.3 is 0 Å². The molecule has 1 fully saturated rings. The van der Waals surface area contributed by atoms with Crippen molar-refractivity contribution in [3.05, 3.63) is 59.7 Å². The van der Waals surface area contributed by atoms with Gasteiger partial charge in [0.2, 0.25) is 0 Å². The number of carbonyl (C=O) groups excluding carboxylic acids is 2. The Morgan fingerprint density at radius 3 is 2.28 bits per heavy atom. The Balaban J connectivity index is 1.57. The molecule has 1 aliphatic heterocycles. The van der Waals surface area contributed by atoms with E-state index in [-0.39, 0.29) is 11.8 Å². The van der Waals surface area contributed by atoms with Crippen LogP contribution in [0.25, 0.3) is 0 Å². The Bertz CT molecular complexity index is 828. The van der Waals surface area contributed by atoms with E-state index in [9.17, 15) is 9.59 Å². The minimum absolute atomic E-state index is 0.00242. The number of hydrogen-bond acceptors (Lipinski definition) is 4. The fourth-order valence-corrected chi connectivity index (χ4v) is 3.47. The molecule has 2 aromatic carbocycles. The summed E-state index contributed by atoms with van der Waals surface area (Å²) in [4.78, 5) is 29.0. The van der Waals surface area contributed by atoms with Gasteiger partial charge in [0.25, 0.3) is 11.8 Å². The quantitative estimate of drug-likeness (QED) is 0.732. The van der Waals surface area contributed by atoms with E-state index in [0.717, 1.165) is 37.4 Å². The molecule has 0 atom stereocenters. The van der Waals surface area contributed by atoms with Crippen LogP contribution in [0, 0.1) is 0 Å². The number of hydrogen-bond donors (Lipinski definition) is 1. The van der Waals surface area contributed by atoms with Crippen LogP contribution in [-0.4, -0.2) is 56.5 Å². The van der Waals surface area contributed by atoms with Gasteiger partial charge in [-0.2, -0.15) is 0 Å². The molecule has 2 amide bonds. The molecule has 1 N–H and O–H groups in total. The van der Waals surface area contributed by atoms with Gasteiger partial charge in [0.1, 0.15) is 5.75 Å².